The lowest BCUT2D eigenvalue weighted by Gasteiger charge is -2.07. The van der Waals surface area contributed by atoms with Gasteiger partial charge in [0.15, 0.2) is 0 Å². The Morgan fingerprint density at radius 1 is 1.12 bits per heavy atom. The van der Waals surface area contributed by atoms with Gasteiger partial charge in [-0.25, -0.2) is 19.7 Å². The van der Waals surface area contributed by atoms with Crippen LogP contribution >= 0.6 is 11.3 Å². The number of nitrogens with zero attached hydrogens (tertiary/aromatic N) is 3. The van der Waals surface area contributed by atoms with E-state index in [4.69, 9.17) is 4.42 Å². The van der Waals surface area contributed by atoms with Gasteiger partial charge in [0.1, 0.15) is 16.3 Å². The van der Waals surface area contributed by atoms with Crippen molar-refractivity contribution in [1.82, 2.24) is 15.0 Å². The van der Waals surface area contributed by atoms with Crippen LogP contribution in [0, 0.1) is 13.8 Å². The summed E-state index contributed by atoms with van der Waals surface area (Å²) >= 11 is 1.58. The van der Waals surface area contributed by atoms with Crippen LogP contribution in [-0.2, 0) is 0 Å². The van der Waals surface area contributed by atoms with Gasteiger partial charge in [-0.15, -0.1) is 11.3 Å². The van der Waals surface area contributed by atoms with E-state index in [9.17, 15) is 4.79 Å². The Hall–Kier alpha value is -3.06. The number of aryl methyl sites for hydroxylation is 2. The number of aromatic nitrogens is 3. The van der Waals surface area contributed by atoms with Crippen LogP contribution < -0.4 is 10.9 Å². The molecule has 0 bridgehead atoms. The molecule has 4 aromatic rings. The lowest BCUT2D eigenvalue weighted by Crippen LogP contribution is -2.00. The number of hydrogen-bond donors (Lipinski definition) is 1. The molecule has 0 saturated carbocycles. The van der Waals surface area contributed by atoms with Gasteiger partial charge in [-0.05, 0) is 37.6 Å². The van der Waals surface area contributed by atoms with Crippen LogP contribution in [0.1, 0.15) is 10.4 Å². The maximum absolute atomic E-state index is 11.6. The molecule has 3 heterocycles. The second kappa shape index (κ2) is 6.10. The highest BCUT2D eigenvalue weighted by Gasteiger charge is 2.08. The van der Waals surface area contributed by atoms with E-state index in [1.807, 2.05) is 38.2 Å². The summed E-state index contributed by atoms with van der Waals surface area (Å²) in [5, 5.41) is 4.90. The number of hydrogen-bond acceptors (Lipinski definition) is 7. The van der Waals surface area contributed by atoms with Crippen molar-refractivity contribution in [3.63, 3.8) is 0 Å². The third-order valence-corrected chi connectivity index (χ3v) is 4.64. The van der Waals surface area contributed by atoms with Gasteiger partial charge in [-0.1, -0.05) is 0 Å². The van der Waals surface area contributed by atoms with Crippen LogP contribution in [0.15, 0.2) is 51.9 Å². The molecule has 0 unspecified atom stereocenters. The van der Waals surface area contributed by atoms with Crippen LogP contribution in [-0.4, -0.2) is 15.0 Å². The summed E-state index contributed by atoms with van der Waals surface area (Å²) in [4.78, 5) is 25.8. The van der Waals surface area contributed by atoms with Gasteiger partial charge in [0, 0.05) is 40.5 Å². The summed E-state index contributed by atoms with van der Waals surface area (Å²) in [6, 6.07) is 8.89. The molecule has 6 nitrogen and oxygen atoms in total. The summed E-state index contributed by atoms with van der Waals surface area (Å²) in [5.74, 6) is 0.458. The van der Waals surface area contributed by atoms with E-state index >= 15 is 0 Å². The first-order valence-corrected chi connectivity index (χ1v) is 8.47. The van der Waals surface area contributed by atoms with Gasteiger partial charge in [-0.2, -0.15) is 0 Å². The minimum atomic E-state index is -0.362. The molecule has 1 N–H and O–H groups in total. The number of rotatable bonds is 3. The molecule has 1 aromatic carbocycles. The molecule has 124 valence electrons. The second-order valence-corrected chi connectivity index (χ2v) is 6.86. The van der Waals surface area contributed by atoms with E-state index in [-0.39, 0.29) is 5.63 Å². The van der Waals surface area contributed by atoms with Crippen LogP contribution in [0.4, 0.5) is 11.6 Å². The van der Waals surface area contributed by atoms with Gasteiger partial charge in [0.2, 0.25) is 5.95 Å². The molecule has 0 fully saturated rings. The zero-order valence-corrected chi connectivity index (χ0v) is 14.4. The third kappa shape index (κ3) is 3.14. The zero-order valence-electron chi connectivity index (χ0n) is 13.6. The standard InChI is InChI=1S/C18H14N4O2S/c1-10-7-16(23)24-15-8-12(3-4-13(10)15)21-18-19-6-5-14(22-18)17-20-9-11(2)25-17/h3-9H,1-2H3,(H,19,21,22). The maximum Gasteiger partial charge on any atom is 0.336 e. The molecule has 0 aliphatic heterocycles. The lowest BCUT2D eigenvalue weighted by molar-refractivity contribution is 0.560. The van der Waals surface area contributed by atoms with Crippen LogP contribution in [0.5, 0.6) is 0 Å². The Kier molecular flexibility index (Phi) is 3.77. The van der Waals surface area contributed by atoms with E-state index in [1.165, 1.54) is 6.07 Å². The van der Waals surface area contributed by atoms with Gasteiger partial charge in [0.25, 0.3) is 0 Å². The van der Waals surface area contributed by atoms with E-state index in [0.717, 1.165) is 32.2 Å². The predicted octanol–water partition coefficient (Wildman–Crippen LogP) is 4.07. The Balaban J connectivity index is 1.68. The van der Waals surface area contributed by atoms with Gasteiger partial charge >= 0.3 is 5.63 Å². The summed E-state index contributed by atoms with van der Waals surface area (Å²) in [6.45, 7) is 3.89. The Morgan fingerprint density at radius 2 is 2.00 bits per heavy atom. The molecule has 0 saturated heterocycles. The van der Waals surface area contributed by atoms with Crippen LogP contribution in [0.3, 0.4) is 0 Å². The molecular weight excluding hydrogens is 336 g/mol. The first kappa shape index (κ1) is 15.5. The Morgan fingerprint density at radius 3 is 2.80 bits per heavy atom. The Labute approximate surface area is 147 Å². The molecule has 4 rings (SSSR count). The molecule has 0 radical (unpaired) electrons. The highest BCUT2D eigenvalue weighted by atomic mass is 32.1. The fourth-order valence-corrected chi connectivity index (χ4v) is 3.28. The van der Waals surface area contributed by atoms with E-state index in [2.05, 4.69) is 20.3 Å². The molecule has 0 aliphatic carbocycles. The summed E-state index contributed by atoms with van der Waals surface area (Å²) in [5.41, 5.74) is 2.56. The average Bonchev–Trinajstić information content (AvgIpc) is 3.01. The van der Waals surface area contributed by atoms with Crippen molar-refractivity contribution in [3.05, 3.63) is 63.6 Å². The summed E-state index contributed by atoms with van der Waals surface area (Å²) in [7, 11) is 0. The zero-order chi connectivity index (χ0) is 17.4. The number of fused-ring (bicyclic) bond motifs is 1. The molecule has 25 heavy (non-hydrogen) atoms. The van der Waals surface area contributed by atoms with Gasteiger partial charge < -0.3 is 9.73 Å². The van der Waals surface area contributed by atoms with E-state index in [1.54, 1.807) is 23.6 Å². The normalized spacial score (nSPS) is 11.0. The van der Waals surface area contributed by atoms with Crippen molar-refractivity contribution in [2.24, 2.45) is 0 Å². The topological polar surface area (TPSA) is 80.9 Å². The van der Waals surface area contributed by atoms with Gasteiger partial charge in [-0.3, -0.25) is 0 Å². The molecular formula is C18H14N4O2S. The van der Waals surface area contributed by atoms with Crippen molar-refractivity contribution in [3.8, 4) is 10.7 Å². The van der Waals surface area contributed by atoms with Gasteiger partial charge in [0.05, 0.1) is 0 Å². The number of thiazole rings is 1. The van der Waals surface area contributed by atoms with Crippen molar-refractivity contribution in [2.45, 2.75) is 13.8 Å². The predicted molar refractivity (Wildman–Crippen MR) is 98.4 cm³/mol. The first-order valence-electron chi connectivity index (χ1n) is 7.66. The third-order valence-electron chi connectivity index (χ3n) is 3.70. The fourth-order valence-electron chi connectivity index (χ4n) is 2.54. The van der Waals surface area contributed by atoms with Crippen molar-refractivity contribution in [1.29, 1.82) is 0 Å². The number of benzene rings is 1. The first-order chi connectivity index (χ1) is 12.1. The minimum absolute atomic E-state index is 0.362. The second-order valence-electron chi connectivity index (χ2n) is 5.63. The molecule has 0 aliphatic rings. The lowest BCUT2D eigenvalue weighted by atomic mass is 10.1. The number of nitrogens with one attached hydrogen (secondary N) is 1. The van der Waals surface area contributed by atoms with E-state index < -0.39 is 0 Å². The van der Waals surface area contributed by atoms with E-state index in [0.29, 0.717) is 11.5 Å². The molecule has 7 heteroatoms. The van der Waals surface area contributed by atoms with Crippen molar-refractivity contribution in [2.75, 3.05) is 5.32 Å². The van der Waals surface area contributed by atoms with Crippen molar-refractivity contribution < 1.29 is 4.42 Å². The Bertz CT molecular complexity index is 1130. The molecule has 0 spiro atoms. The molecule has 3 aromatic heterocycles. The van der Waals surface area contributed by atoms with Crippen molar-refractivity contribution >= 4 is 33.9 Å². The average molecular weight is 350 g/mol. The quantitative estimate of drug-likeness (QED) is 0.561. The largest absolute Gasteiger partial charge is 0.423 e. The fraction of sp³-hybridized carbons (Fsp3) is 0.111. The van der Waals surface area contributed by atoms with Crippen LogP contribution in [0.25, 0.3) is 21.7 Å². The molecule has 0 atom stereocenters. The SMILES string of the molecule is Cc1cnc(-c2ccnc(Nc3ccc4c(C)cc(=O)oc4c3)n2)s1. The molecule has 0 amide bonds. The highest BCUT2D eigenvalue weighted by molar-refractivity contribution is 7.14. The maximum atomic E-state index is 11.6. The van der Waals surface area contributed by atoms with Crippen LogP contribution in [0.2, 0.25) is 0 Å². The highest BCUT2D eigenvalue weighted by Crippen LogP contribution is 2.25. The summed E-state index contributed by atoms with van der Waals surface area (Å²) in [6.07, 6.45) is 3.51. The minimum Gasteiger partial charge on any atom is -0.423 e. The number of anilines is 2. The summed E-state index contributed by atoms with van der Waals surface area (Å²) < 4.78 is 5.27. The smallest absolute Gasteiger partial charge is 0.336 e. The monoisotopic (exact) mass is 350 g/mol.